The van der Waals surface area contributed by atoms with Crippen LogP contribution in [-0.4, -0.2) is 37.2 Å². The van der Waals surface area contributed by atoms with Crippen molar-refractivity contribution >= 4 is 63.0 Å². The molecule has 4 rings (SSSR count). The van der Waals surface area contributed by atoms with Crippen LogP contribution in [0, 0.1) is 0 Å². The lowest BCUT2D eigenvalue weighted by atomic mass is 10.1. The molecule has 0 radical (unpaired) electrons. The van der Waals surface area contributed by atoms with Crippen molar-refractivity contribution in [2.24, 2.45) is 5.10 Å². The number of thiophene rings is 1. The van der Waals surface area contributed by atoms with E-state index in [1.807, 2.05) is 0 Å². The molecule has 0 fully saturated rings. The summed E-state index contributed by atoms with van der Waals surface area (Å²) < 4.78 is 16.5. The molecule has 40 heavy (non-hydrogen) atoms. The van der Waals surface area contributed by atoms with Crippen molar-refractivity contribution in [3.63, 3.8) is 0 Å². The maximum atomic E-state index is 12.6. The Kier molecular flexibility index (Phi) is 9.67. The number of carbonyl (C=O) groups excluding carboxylic acids is 3. The van der Waals surface area contributed by atoms with Crippen molar-refractivity contribution in [2.45, 2.75) is 39.7 Å². The van der Waals surface area contributed by atoms with Crippen LogP contribution in [0.1, 0.15) is 52.2 Å². The van der Waals surface area contributed by atoms with Gasteiger partial charge in [-0.05, 0) is 69.0 Å². The predicted octanol–water partition coefficient (Wildman–Crippen LogP) is 5.79. The first-order valence-electron chi connectivity index (χ1n) is 12.4. The molecule has 0 atom stereocenters. The maximum Gasteiger partial charge on any atom is 0.341 e. The van der Waals surface area contributed by atoms with Gasteiger partial charge in [0, 0.05) is 26.0 Å². The fourth-order valence-electron chi connectivity index (χ4n) is 4.13. The number of halogens is 2. The van der Waals surface area contributed by atoms with Gasteiger partial charge in [-0.2, -0.15) is 5.10 Å². The number of anilines is 1. The van der Waals surface area contributed by atoms with Crippen LogP contribution in [0.15, 0.2) is 41.5 Å². The molecule has 3 aromatic rings. The van der Waals surface area contributed by atoms with Crippen LogP contribution in [0.25, 0.3) is 0 Å². The first-order valence-corrected chi connectivity index (χ1v) is 14.0. The third-order valence-electron chi connectivity index (χ3n) is 6.14. The second-order valence-corrected chi connectivity index (χ2v) is 10.7. The zero-order chi connectivity index (χ0) is 28.8. The first kappa shape index (κ1) is 29.4. The van der Waals surface area contributed by atoms with Gasteiger partial charge in [-0.3, -0.25) is 9.59 Å². The largest absolute Gasteiger partial charge is 0.493 e. The monoisotopic (exact) mass is 603 g/mol. The van der Waals surface area contributed by atoms with Crippen LogP contribution >= 0.6 is 34.5 Å². The number of hydrogen-bond donors (Lipinski definition) is 2. The molecule has 1 aliphatic carbocycles. The lowest BCUT2D eigenvalue weighted by Gasteiger charge is -2.13. The number of aryl methyl sites for hydroxylation is 1. The molecule has 1 aromatic heterocycles. The van der Waals surface area contributed by atoms with Crippen LogP contribution in [0.3, 0.4) is 0 Å². The molecule has 2 amide bonds. The summed E-state index contributed by atoms with van der Waals surface area (Å²) in [6.07, 6.45) is 2.48. The Labute approximate surface area is 245 Å². The predicted molar refractivity (Wildman–Crippen MR) is 155 cm³/mol. The smallest absolute Gasteiger partial charge is 0.341 e. The van der Waals surface area contributed by atoms with E-state index in [0.29, 0.717) is 43.4 Å². The van der Waals surface area contributed by atoms with Crippen LogP contribution in [0.2, 0.25) is 10.0 Å². The summed E-state index contributed by atoms with van der Waals surface area (Å²) in [7, 11) is 1.50. The normalized spacial score (nSPS) is 12.5. The number of carbonyl (C=O) groups is 3. The van der Waals surface area contributed by atoms with Gasteiger partial charge in [-0.15, -0.1) is 11.3 Å². The van der Waals surface area contributed by atoms with Gasteiger partial charge in [0.2, 0.25) is 0 Å². The SMILES string of the molecule is CCOC(=O)c1c(NC(=O)C(=O)N/N=C(\C)c2ccc(OCc3ccc(Cl)cc3Cl)c(OC)c2)sc2c1CCC2. The highest BCUT2D eigenvalue weighted by Crippen LogP contribution is 2.39. The van der Waals surface area contributed by atoms with Crippen molar-refractivity contribution in [3.05, 3.63) is 73.6 Å². The maximum absolute atomic E-state index is 12.6. The van der Waals surface area contributed by atoms with E-state index in [1.165, 1.54) is 18.4 Å². The minimum Gasteiger partial charge on any atom is -0.493 e. The second-order valence-electron chi connectivity index (χ2n) is 8.76. The third kappa shape index (κ3) is 6.75. The van der Waals surface area contributed by atoms with Gasteiger partial charge < -0.3 is 19.5 Å². The number of esters is 1. The van der Waals surface area contributed by atoms with E-state index in [-0.39, 0.29) is 13.2 Å². The van der Waals surface area contributed by atoms with Crippen molar-refractivity contribution in [2.75, 3.05) is 19.0 Å². The summed E-state index contributed by atoms with van der Waals surface area (Å²) in [4.78, 5) is 38.6. The van der Waals surface area contributed by atoms with Crippen molar-refractivity contribution in [1.29, 1.82) is 0 Å². The zero-order valence-electron chi connectivity index (χ0n) is 22.1. The number of hydrazone groups is 1. The molecule has 1 heterocycles. The lowest BCUT2D eigenvalue weighted by Crippen LogP contribution is -2.33. The van der Waals surface area contributed by atoms with Crippen molar-refractivity contribution in [1.82, 2.24) is 5.43 Å². The summed E-state index contributed by atoms with van der Waals surface area (Å²) in [5.74, 6) is -1.50. The van der Waals surface area contributed by atoms with E-state index in [9.17, 15) is 14.4 Å². The number of nitrogens with one attached hydrogen (secondary N) is 2. The van der Waals surface area contributed by atoms with E-state index < -0.39 is 17.8 Å². The minimum absolute atomic E-state index is 0.203. The molecule has 12 heteroatoms. The zero-order valence-corrected chi connectivity index (χ0v) is 24.4. The molecule has 2 aromatic carbocycles. The van der Waals surface area contributed by atoms with Gasteiger partial charge in [0.1, 0.15) is 11.6 Å². The van der Waals surface area contributed by atoms with Gasteiger partial charge in [0.15, 0.2) is 11.5 Å². The van der Waals surface area contributed by atoms with E-state index in [4.69, 9.17) is 37.4 Å². The van der Waals surface area contributed by atoms with Gasteiger partial charge in [-0.1, -0.05) is 29.3 Å². The van der Waals surface area contributed by atoms with Gasteiger partial charge in [0.05, 0.1) is 25.0 Å². The highest BCUT2D eigenvalue weighted by molar-refractivity contribution is 7.17. The molecule has 0 aliphatic heterocycles. The molecule has 210 valence electrons. The van der Waals surface area contributed by atoms with Crippen LogP contribution in [0.4, 0.5) is 5.00 Å². The Morgan fingerprint density at radius 1 is 1.05 bits per heavy atom. The summed E-state index contributed by atoms with van der Waals surface area (Å²) in [5.41, 5.74) is 5.29. The summed E-state index contributed by atoms with van der Waals surface area (Å²) in [6.45, 7) is 3.79. The van der Waals surface area contributed by atoms with Crippen LogP contribution < -0.4 is 20.2 Å². The molecule has 0 saturated heterocycles. The Hall–Kier alpha value is -3.60. The molecule has 0 spiro atoms. The number of ether oxygens (including phenoxy) is 3. The minimum atomic E-state index is -0.977. The van der Waals surface area contributed by atoms with Crippen LogP contribution in [0.5, 0.6) is 11.5 Å². The molecular weight excluding hydrogens is 577 g/mol. The van der Waals surface area contributed by atoms with Crippen molar-refractivity contribution in [3.8, 4) is 11.5 Å². The highest BCUT2D eigenvalue weighted by atomic mass is 35.5. The number of fused-ring (bicyclic) bond motifs is 1. The summed E-state index contributed by atoms with van der Waals surface area (Å²) in [5, 5.41) is 7.94. The molecule has 0 unspecified atom stereocenters. The highest BCUT2D eigenvalue weighted by Gasteiger charge is 2.29. The average molecular weight is 605 g/mol. The Morgan fingerprint density at radius 2 is 1.85 bits per heavy atom. The fourth-order valence-corrected chi connectivity index (χ4v) is 5.86. The molecule has 2 N–H and O–H groups in total. The Morgan fingerprint density at radius 3 is 2.58 bits per heavy atom. The van der Waals surface area contributed by atoms with Crippen LogP contribution in [-0.2, 0) is 33.8 Å². The lowest BCUT2D eigenvalue weighted by molar-refractivity contribution is -0.136. The van der Waals surface area contributed by atoms with Crippen molar-refractivity contribution < 1.29 is 28.6 Å². The van der Waals surface area contributed by atoms with E-state index in [0.717, 1.165) is 35.3 Å². The Bertz CT molecular complexity index is 1490. The summed E-state index contributed by atoms with van der Waals surface area (Å²) in [6, 6.07) is 10.3. The number of benzene rings is 2. The standard InChI is InChI=1S/C28H27Cl2N3O6S/c1-4-38-28(36)24-19-6-5-7-23(19)40-27(24)31-25(34)26(35)33-32-15(2)16-9-11-21(22(12-16)37-3)39-14-17-8-10-18(29)13-20(17)30/h8-13H,4-7,14H2,1-3H3,(H,31,34)(H,33,35)/b32-15+. The summed E-state index contributed by atoms with van der Waals surface area (Å²) >= 11 is 13.5. The molecule has 1 aliphatic rings. The van der Waals surface area contributed by atoms with E-state index in [1.54, 1.807) is 50.2 Å². The van der Waals surface area contributed by atoms with Gasteiger partial charge in [0.25, 0.3) is 0 Å². The number of amides is 2. The number of methoxy groups -OCH3 is 1. The van der Waals surface area contributed by atoms with Gasteiger partial charge >= 0.3 is 17.8 Å². The topological polar surface area (TPSA) is 115 Å². The van der Waals surface area contributed by atoms with Gasteiger partial charge in [-0.25, -0.2) is 10.2 Å². The number of rotatable bonds is 9. The second kappa shape index (κ2) is 13.2. The average Bonchev–Trinajstić information content (AvgIpc) is 3.52. The molecule has 0 bridgehead atoms. The number of nitrogens with zero attached hydrogens (tertiary/aromatic N) is 1. The Balaban J connectivity index is 1.40. The molecule has 9 nitrogen and oxygen atoms in total. The number of hydrogen-bond acceptors (Lipinski definition) is 8. The van der Waals surface area contributed by atoms with E-state index >= 15 is 0 Å². The molecular formula is C28H27Cl2N3O6S. The quantitative estimate of drug-likeness (QED) is 0.138. The fraction of sp³-hybridized carbons (Fsp3) is 0.286. The van der Waals surface area contributed by atoms with E-state index in [2.05, 4.69) is 15.8 Å². The molecule has 0 saturated carbocycles. The third-order valence-corrected chi connectivity index (χ3v) is 7.93. The first-order chi connectivity index (χ1) is 19.2.